The van der Waals surface area contributed by atoms with Crippen molar-refractivity contribution in [3.8, 4) is 11.6 Å². The fraction of sp³-hybridized carbons (Fsp3) is 0.350. The van der Waals surface area contributed by atoms with Gasteiger partial charge in [-0.2, -0.15) is 0 Å². The molecule has 0 spiro atoms. The molecular weight excluding hydrogens is 326 g/mol. The number of aromatic nitrogens is 3. The minimum atomic E-state index is 0.156. The first kappa shape index (κ1) is 16.7. The van der Waals surface area contributed by atoms with Crippen LogP contribution in [0.4, 0.5) is 5.82 Å². The maximum atomic E-state index is 5.53. The number of rotatable bonds is 5. The average molecular weight is 349 g/mol. The van der Waals surface area contributed by atoms with E-state index in [1.165, 1.54) is 5.56 Å². The number of furan rings is 1. The van der Waals surface area contributed by atoms with Gasteiger partial charge in [0.1, 0.15) is 5.82 Å². The SMILES string of the molecule is CC[C@H](Nc1nc(-c2ccco2)nc2c1CCNCC2)c1cccnc1. The van der Waals surface area contributed by atoms with E-state index in [0.717, 1.165) is 49.4 Å². The summed E-state index contributed by atoms with van der Waals surface area (Å²) in [6, 6.07) is 7.99. The van der Waals surface area contributed by atoms with Gasteiger partial charge in [0.05, 0.1) is 18.0 Å². The third-order valence-electron chi connectivity index (χ3n) is 4.73. The number of fused-ring (bicyclic) bond motifs is 1. The third kappa shape index (κ3) is 3.46. The number of nitrogens with zero attached hydrogens (tertiary/aromatic N) is 3. The molecule has 26 heavy (non-hydrogen) atoms. The summed E-state index contributed by atoms with van der Waals surface area (Å²) < 4.78 is 5.53. The van der Waals surface area contributed by atoms with Gasteiger partial charge in [-0.05, 0) is 43.1 Å². The van der Waals surface area contributed by atoms with Gasteiger partial charge in [0.15, 0.2) is 11.6 Å². The number of hydrogen-bond acceptors (Lipinski definition) is 6. The van der Waals surface area contributed by atoms with Crippen molar-refractivity contribution in [3.05, 3.63) is 59.7 Å². The highest BCUT2D eigenvalue weighted by atomic mass is 16.3. The topological polar surface area (TPSA) is 75.9 Å². The van der Waals surface area contributed by atoms with E-state index in [4.69, 9.17) is 14.4 Å². The standard InChI is InChI=1S/C20H23N5O/c1-2-16(14-5-3-9-22-13-14)23-19-15-7-10-21-11-8-17(15)24-20(25-19)18-6-4-12-26-18/h3-6,9,12-13,16,21H,2,7-8,10-11H2,1H3,(H,23,24,25)/t16-/m0/s1. The molecule has 1 aliphatic rings. The van der Waals surface area contributed by atoms with Crippen LogP contribution in [-0.2, 0) is 12.8 Å². The molecule has 0 saturated carbocycles. The van der Waals surface area contributed by atoms with E-state index in [-0.39, 0.29) is 6.04 Å². The van der Waals surface area contributed by atoms with Crippen LogP contribution in [-0.4, -0.2) is 28.0 Å². The highest BCUT2D eigenvalue weighted by Gasteiger charge is 2.20. The highest BCUT2D eigenvalue weighted by Crippen LogP contribution is 2.28. The summed E-state index contributed by atoms with van der Waals surface area (Å²) in [6.45, 7) is 4.04. The monoisotopic (exact) mass is 349 g/mol. The fourth-order valence-electron chi connectivity index (χ4n) is 3.35. The minimum Gasteiger partial charge on any atom is -0.461 e. The number of hydrogen-bond donors (Lipinski definition) is 2. The molecule has 6 heteroatoms. The Morgan fingerprint density at radius 3 is 2.88 bits per heavy atom. The van der Waals surface area contributed by atoms with Crippen LogP contribution in [0.15, 0.2) is 47.3 Å². The summed E-state index contributed by atoms with van der Waals surface area (Å²) in [5.41, 5.74) is 3.46. The van der Waals surface area contributed by atoms with Crippen molar-refractivity contribution in [2.75, 3.05) is 18.4 Å². The molecule has 4 rings (SSSR count). The first-order valence-electron chi connectivity index (χ1n) is 9.16. The molecule has 0 fully saturated rings. The maximum Gasteiger partial charge on any atom is 0.197 e. The van der Waals surface area contributed by atoms with Crippen molar-refractivity contribution in [1.82, 2.24) is 20.3 Å². The van der Waals surface area contributed by atoms with Crippen LogP contribution in [0.25, 0.3) is 11.6 Å². The van der Waals surface area contributed by atoms with E-state index in [1.807, 2.05) is 24.4 Å². The Labute approximate surface area is 153 Å². The van der Waals surface area contributed by atoms with Crippen molar-refractivity contribution in [2.45, 2.75) is 32.2 Å². The maximum absolute atomic E-state index is 5.53. The second kappa shape index (κ2) is 7.66. The first-order valence-corrected chi connectivity index (χ1v) is 9.16. The lowest BCUT2D eigenvalue weighted by molar-refractivity contribution is 0.576. The second-order valence-corrected chi connectivity index (χ2v) is 6.44. The molecule has 0 unspecified atom stereocenters. The molecule has 0 amide bonds. The lowest BCUT2D eigenvalue weighted by Crippen LogP contribution is -2.17. The number of nitrogens with one attached hydrogen (secondary N) is 2. The van der Waals surface area contributed by atoms with Crippen LogP contribution in [0.1, 0.15) is 36.2 Å². The highest BCUT2D eigenvalue weighted by molar-refractivity contribution is 5.57. The molecule has 3 aromatic rings. The Morgan fingerprint density at radius 2 is 2.12 bits per heavy atom. The van der Waals surface area contributed by atoms with Crippen LogP contribution in [0.3, 0.4) is 0 Å². The molecule has 1 atom stereocenters. The molecule has 0 radical (unpaired) electrons. The molecule has 0 aromatic carbocycles. The van der Waals surface area contributed by atoms with Gasteiger partial charge in [-0.3, -0.25) is 4.98 Å². The lowest BCUT2D eigenvalue weighted by atomic mass is 10.0. The smallest absolute Gasteiger partial charge is 0.197 e. The zero-order valence-corrected chi connectivity index (χ0v) is 14.9. The van der Waals surface area contributed by atoms with Crippen LogP contribution in [0.5, 0.6) is 0 Å². The quantitative estimate of drug-likeness (QED) is 0.735. The number of pyridine rings is 1. The van der Waals surface area contributed by atoms with Crippen LogP contribution in [0.2, 0.25) is 0 Å². The Hall–Kier alpha value is -2.73. The molecule has 134 valence electrons. The van der Waals surface area contributed by atoms with Crippen molar-refractivity contribution in [1.29, 1.82) is 0 Å². The van der Waals surface area contributed by atoms with Crippen LogP contribution >= 0.6 is 0 Å². The Balaban J connectivity index is 1.74. The van der Waals surface area contributed by atoms with Crippen LogP contribution < -0.4 is 10.6 Å². The summed E-state index contributed by atoms with van der Waals surface area (Å²) in [5.74, 6) is 2.24. The van der Waals surface area contributed by atoms with E-state index in [1.54, 1.807) is 12.5 Å². The molecule has 1 aliphatic heterocycles. The van der Waals surface area contributed by atoms with Gasteiger partial charge < -0.3 is 15.1 Å². The van der Waals surface area contributed by atoms with Crippen molar-refractivity contribution >= 4 is 5.82 Å². The van der Waals surface area contributed by atoms with Gasteiger partial charge in [0, 0.05) is 30.9 Å². The largest absolute Gasteiger partial charge is 0.461 e. The van der Waals surface area contributed by atoms with Gasteiger partial charge in [-0.15, -0.1) is 0 Å². The summed E-state index contributed by atoms with van der Waals surface area (Å²) in [5, 5.41) is 7.09. The average Bonchev–Trinajstić information content (AvgIpc) is 3.12. The summed E-state index contributed by atoms with van der Waals surface area (Å²) >= 11 is 0. The molecule has 0 aliphatic carbocycles. The molecule has 2 N–H and O–H groups in total. The summed E-state index contributed by atoms with van der Waals surface area (Å²) in [7, 11) is 0. The Kier molecular flexibility index (Phi) is 4.93. The van der Waals surface area contributed by atoms with Gasteiger partial charge in [0.25, 0.3) is 0 Å². The fourth-order valence-corrected chi connectivity index (χ4v) is 3.35. The second-order valence-electron chi connectivity index (χ2n) is 6.44. The molecule has 0 bridgehead atoms. The Morgan fingerprint density at radius 1 is 1.19 bits per heavy atom. The van der Waals surface area contributed by atoms with E-state index in [2.05, 4.69) is 28.6 Å². The molecule has 0 saturated heterocycles. The summed E-state index contributed by atoms with van der Waals surface area (Å²) in [4.78, 5) is 13.9. The zero-order chi connectivity index (χ0) is 17.8. The van der Waals surface area contributed by atoms with Crippen molar-refractivity contribution in [2.24, 2.45) is 0 Å². The van der Waals surface area contributed by atoms with Gasteiger partial charge >= 0.3 is 0 Å². The van der Waals surface area contributed by atoms with E-state index >= 15 is 0 Å². The van der Waals surface area contributed by atoms with Gasteiger partial charge in [-0.1, -0.05) is 13.0 Å². The third-order valence-corrected chi connectivity index (χ3v) is 4.73. The van der Waals surface area contributed by atoms with E-state index < -0.39 is 0 Å². The molecule has 3 aromatic heterocycles. The zero-order valence-electron chi connectivity index (χ0n) is 14.9. The Bertz CT molecular complexity index is 848. The normalized spacial score (nSPS) is 15.1. The van der Waals surface area contributed by atoms with Crippen molar-refractivity contribution in [3.63, 3.8) is 0 Å². The predicted octanol–water partition coefficient (Wildman–Crippen LogP) is 3.38. The van der Waals surface area contributed by atoms with Gasteiger partial charge in [0.2, 0.25) is 0 Å². The summed E-state index contributed by atoms with van der Waals surface area (Å²) in [6.07, 6.45) is 8.12. The van der Waals surface area contributed by atoms with E-state index in [9.17, 15) is 0 Å². The molecule has 4 heterocycles. The first-order chi connectivity index (χ1) is 12.8. The van der Waals surface area contributed by atoms with Gasteiger partial charge in [-0.25, -0.2) is 9.97 Å². The van der Waals surface area contributed by atoms with Crippen molar-refractivity contribution < 1.29 is 4.42 Å². The van der Waals surface area contributed by atoms with Crippen LogP contribution in [0, 0.1) is 0 Å². The predicted molar refractivity (Wildman–Crippen MR) is 101 cm³/mol. The lowest BCUT2D eigenvalue weighted by Gasteiger charge is -2.21. The number of anilines is 1. The minimum absolute atomic E-state index is 0.156. The molecule has 6 nitrogen and oxygen atoms in total. The van der Waals surface area contributed by atoms with E-state index in [0.29, 0.717) is 11.6 Å². The molecular formula is C20H23N5O.